The van der Waals surface area contributed by atoms with Crippen molar-refractivity contribution < 1.29 is 4.79 Å². The minimum absolute atomic E-state index is 0.0943. The van der Waals surface area contributed by atoms with Gasteiger partial charge in [0.25, 0.3) is 0 Å². The average molecular weight is 454 g/mol. The molecule has 0 saturated heterocycles. The van der Waals surface area contributed by atoms with Crippen LogP contribution >= 0.6 is 0 Å². The van der Waals surface area contributed by atoms with Gasteiger partial charge in [-0.05, 0) is 68.0 Å². The third-order valence-electron chi connectivity index (χ3n) is 6.50. The van der Waals surface area contributed by atoms with Gasteiger partial charge in [0.15, 0.2) is 0 Å². The van der Waals surface area contributed by atoms with Crippen molar-refractivity contribution in [3.8, 4) is 0 Å². The fourth-order valence-corrected chi connectivity index (χ4v) is 4.77. The first kappa shape index (κ1) is 23.7. The third kappa shape index (κ3) is 5.93. The molecule has 1 amide bonds. The van der Waals surface area contributed by atoms with Gasteiger partial charge in [-0.1, -0.05) is 66.6 Å². The van der Waals surface area contributed by atoms with Crippen LogP contribution in [-0.4, -0.2) is 22.0 Å². The number of carbonyl (C=O) groups excluding carboxylic acids is 1. The van der Waals surface area contributed by atoms with Crippen molar-refractivity contribution in [2.45, 2.75) is 59.4 Å². The third-order valence-corrected chi connectivity index (χ3v) is 6.50. The Labute approximate surface area is 203 Å². The van der Waals surface area contributed by atoms with Crippen molar-refractivity contribution in [2.24, 2.45) is 0 Å². The van der Waals surface area contributed by atoms with E-state index >= 15 is 0 Å². The fourth-order valence-electron chi connectivity index (χ4n) is 4.77. The summed E-state index contributed by atoms with van der Waals surface area (Å²) in [5, 5.41) is 3.05. The van der Waals surface area contributed by atoms with E-state index in [9.17, 15) is 4.79 Å². The lowest BCUT2D eigenvalue weighted by Crippen LogP contribution is -2.26. The van der Waals surface area contributed by atoms with Gasteiger partial charge in [-0.15, -0.1) is 0 Å². The molecule has 0 radical (unpaired) electrons. The Morgan fingerprint density at radius 2 is 1.59 bits per heavy atom. The van der Waals surface area contributed by atoms with E-state index < -0.39 is 0 Å². The van der Waals surface area contributed by atoms with Gasteiger partial charge in [0.1, 0.15) is 5.82 Å². The molecule has 4 aromatic rings. The molecule has 0 atom stereocenters. The number of aromatic nitrogens is 2. The number of nitrogens with one attached hydrogen (secondary N) is 1. The van der Waals surface area contributed by atoms with E-state index in [0.717, 1.165) is 55.7 Å². The van der Waals surface area contributed by atoms with Crippen LogP contribution in [0.5, 0.6) is 0 Å². The SMILES string of the molecule is Cc1cc(C)c(Cn2c(CCCCCNC(=O)Cc3ccccc3)nc3ccccc32)c(C)c1. The van der Waals surface area contributed by atoms with Crippen molar-refractivity contribution >= 4 is 16.9 Å². The molecule has 0 spiro atoms. The van der Waals surface area contributed by atoms with Crippen LogP contribution in [0.1, 0.15) is 52.9 Å². The molecule has 176 valence electrons. The molecule has 0 saturated carbocycles. The smallest absolute Gasteiger partial charge is 0.224 e. The summed E-state index contributed by atoms with van der Waals surface area (Å²) in [4.78, 5) is 17.1. The van der Waals surface area contributed by atoms with E-state index in [-0.39, 0.29) is 5.91 Å². The van der Waals surface area contributed by atoms with Crippen molar-refractivity contribution in [1.82, 2.24) is 14.9 Å². The highest BCUT2D eigenvalue weighted by atomic mass is 16.1. The standard InChI is InChI=1S/C30H35N3O/c1-22-18-23(2)26(24(3)19-22)21-33-28-15-10-9-14-27(28)32-29(33)16-8-5-11-17-31-30(34)20-25-12-6-4-7-13-25/h4,6-7,9-10,12-15,18-19H,5,8,11,16-17,20-21H2,1-3H3,(H,31,34). The Kier molecular flexibility index (Phi) is 7.79. The molecule has 1 aromatic heterocycles. The monoisotopic (exact) mass is 453 g/mol. The van der Waals surface area contributed by atoms with Gasteiger partial charge in [0.2, 0.25) is 5.91 Å². The zero-order valence-electron chi connectivity index (χ0n) is 20.6. The topological polar surface area (TPSA) is 46.9 Å². The highest BCUT2D eigenvalue weighted by Crippen LogP contribution is 2.23. The van der Waals surface area contributed by atoms with E-state index in [0.29, 0.717) is 6.42 Å². The van der Waals surface area contributed by atoms with Gasteiger partial charge in [-0.2, -0.15) is 0 Å². The lowest BCUT2D eigenvalue weighted by Gasteiger charge is -2.15. The second-order valence-corrected chi connectivity index (χ2v) is 9.30. The number of imidazole rings is 1. The van der Waals surface area contributed by atoms with Crippen molar-refractivity contribution in [3.05, 3.63) is 100 Å². The summed E-state index contributed by atoms with van der Waals surface area (Å²) in [7, 11) is 0. The number of benzene rings is 3. The fraction of sp³-hybridized carbons (Fsp3) is 0.333. The Morgan fingerprint density at radius 1 is 0.882 bits per heavy atom. The van der Waals surface area contributed by atoms with E-state index in [1.54, 1.807) is 0 Å². The van der Waals surface area contributed by atoms with Crippen LogP contribution in [0.4, 0.5) is 0 Å². The molecule has 0 bridgehead atoms. The highest BCUT2D eigenvalue weighted by Gasteiger charge is 2.13. The van der Waals surface area contributed by atoms with Gasteiger partial charge < -0.3 is 9.88 Å². The molecule has 0 aliphatic heterocycles. The Hall–Kier alpha value is -3.40. The molecule has 0 aliphatic carbocycles. The molecule has 1 N–H and O–H groups in total. The molecule has 4 nitrogen and oxygen atoms in total. The first-order valence-electron chi connectivity index (χ1n) is 12.3. The molecule has 1 heterocycles. The number of hydrogen-bond donors (Lipinski definition) is 1. The summed E-state index contributed by atoms with van der Waals surface area (Å²) in [6.45, 7) is 8.15. The van der Waals surface area contributed by atoms with Gasteiger partial charge in [-0.3, -0.25) is 4.79 Å². The number of fused-ring (bicyclic) bond motifs is 1. The van der Waals surface area contributed by atoms with Gasteiger partial charge in [0, 0.05) is 19.5 Å². The lowest BCUT2D eigenvalue weighted by atomic mass is 9.99. The maximum Gasteiger partial charge on any atom is 0.224 e. The molecule has 34 heavy (non-hydrogen) atoms. The number of rotatable bonds is 10. The van der Waals surface area contributed by atoms with Gasteiger partial charge in [0.05, 0.1) is 17.5 Å². The van der Waals surface area contributed by atoms with E-state index in [2.05, 4.69) is 67.1 Å². The summed E-state index contributed by atoms with van der Waals surface area (Å²) >= 11 is 0. The van der Waals surface area contributed by atoms with Crippen LogP contribution in [0.3, 0.4) is 0 Å². The Bertz CT molecular complexity index is 1230. The minimum Gasteiger partial charge on any atom is -0.356 e. The molecule has 3 aromatic carbocycles. The quantitative estimate of drug-likeness (QED) is 0.296. The normalized spacial score (nSPS) is 11.1. The summed E-state index contributed by atoms with van der Waals surface area (Å²) in [5.41, 5.74) is 8.69. The van der Waals surface area contributed by atoms with Crippen LogP contribution in [-0.2, 0) is 24.2 Å². The molecular formula is C30H35N3O. The van der Waals surface area contributed by atoms with Gasteiger partial charge in [-0.25, -0.2) is 4.98 Å². The zero-order valence-corrected chi connectivity index (χ0v) is 20.6. The second-order valence-electron chi connectivity index (χ2n) is 9.30. The average Bonchev–Trinajstić information content (AvgIpc) is 3.16. The Morgan fingerprint density at radius 3 is 2.35 bits per heavy atom. The number of para-hydroxylation sites is 2. The summed E-state index contributed by atoms with van der Waals surface area (Å²) in [6, 6.07) is 22.9. The summed E-state index contributed by atoms with van der Waals surface area (Å²) in [5.74, 6) is 1.24. The second kappa shape index (κ2) is 11.1. The van der Waals surface area contributed by atoms with Crippen LogP contribution in [0.25, 0.3) is 11.0 Å². The number of amides is 1. The van der Waals surface area contributed by atoms with Crippen molar-refractivity contribution in [3.63, 3.8) is 0 Å². The molecule has 4 heteroatoms. The summed E-state index contributed by atoms with van der Waals surface area (Å²) in [6.07, 6.45) is 4.50. The van der Waals surface area contributed by atoms with Crippen LogP contribution in [0.15, 0.2) is 66.7 Å². The molecular weight excluding hydrogens is 418 g/mol. The maximum atomic E-state index is 12.1. The predicted octanol–water partition coefficient (Wildman–Crippen LogP) is 6.08. The largest absolute Gasteiger partial charge is 0.356 e. The van der Waals surface area contributed by atoms with Gasteiger partial charge >= 0.3 is 0 Å². The summed E-state index contributed by atoms with van der Waals surface area (Å²) < 4.78 is 2.39. The molecule has 0 aliphatic rings. The number of nitrogens with zero attached hydrogens (tertiary/aromatic N) is 2. The van der Waals surface area contributed by atoms with Crippen molar-refractivity contribution in [2.75, 3.05) is 6.54 Å². The number of hydrogen-bond acceptors (Lipinski definition) is 2. The molecule has 0 fully saturated rings. The van der Waals surface area contributed by atoms with Crippen LogP contribution < -0.4 is 5.32 Å². The number of aryl methyl sites for hydroxylation is 4. The number of unbranched alkanes of at least 4 members (excludes halogenated alkanes) is 2. The number of carbonyl (C=O) groups is 1. The van der Waals surface area contributed by atoms with Crippen LogP contribution in [0.2, 0.25) is 0 Å². The minimum atomic E-state index is 0.0943. The molecule has 4 rings (SSSR count). The lowest BCUT2D eigenvalue weighted by molar-refractivity contribution is -0.120. The highest BCUT2D eigenvalue weighted by molar-refractivity contribution is 5.78. The Balaban J connectivity index is 1.34. The first-order chi connectivity index (χ1) is 16.5. The van der Waals surface area contributed by atoms with Crippen LogP contribution in [0, 0.1) is 20.8 Å². The van der Waals surface area contributed by atoms with E-state index in [1.807, 2.05) is 30.3 Å². The van der Waals surface area contributed by atoms with E-state index in [4.69, 9.17) is 4.98 Å². The van der Waals surface area contributed by atoms with Crippen molar-refractivity contribution in [1.29, 1.82) is 0 Å². The molecule has 0 unspecified atom stereocenters. The van der Waals surface area contributed by atoms with E-state index in [1.165, 1.54) is 27.8 Å². The zero-order chi connectivity index (χ0) is 23.9. The first-order valence-corrected chi connectivity index (χ1v) is 12.3. The predicted molar refractivity (Wildman–Crippen MR) is 140 cm³/mol. The maximum absolute atomic E-state index is 12.1.